The van der Waals surface area contributed by atoms with Crippen LogP contribution < -0.4 is 32.6 Å². The number of carbonyl (C=O) groups excluding carboxylic acids is 8. The summed E-state index contributed by atoms with van der Waals surface area (Å²) >= 11 is -1.33. The van der Waals surface area contributed by atoms with Gasteiger partial charge in [0, 0.05) is 92.7 Å². The Morgan fingerprint density at radius 2 is 0.506 bits per heavy atom. The molecule has 0 bridgehead atoms. The van der Waals surface area contributed by atoms with Crippen LogP contribution in [0.25, 0.3) is 0 Å². The summed E-state index contributed by atoms with van der Waals surface area (Å²) in [6.45, 7) is 0. The van der Waals surface area contributed by atoms with Crippen LogP contribution in [-0.4, -0.2) is 67.8 Å². The SMILES string of the molecule is O=C(CCCCCCC(=O)NO)Cc1ccccc1.O=C(CCCCCCC(=O)NO)Cc1ccccc1.O=C(CCCCCCC(=O)Nc1ccccc1)NO.O=C(CCCCCCC(=O)Nc1ccccc1)NO.[Cl][Fe]([Cl])[Cl].[Fe]. The van der Waals surface area contributed by atoms with Crippen molar-refractivity contribution in [2.45, 2.75) is 167 Å². The van der Waals surface area contributed by atoms with E-state index >= 15 is 0 Å². The predicted molar refractivity (Wildman–Crippen MR) is 309 cm³/mol. The molecule has 0 unspecified atom stereocenters. The molecule has 23 heteroatoms. The fourth-order valence-electron chi connectivity index (χ4n) is 7.31. The van der Waals surface area contributed by atoms with E-state index in [4.69, 9.17) is 51.1 Å². The minimum absolute atomic E-state index is 0. The third-order valence-electron chi connectivity index (χ3n) is 11.4. The number of carbonyl (C=O) groups is 8. The second-order valence-corrected chi connectivity index (χ2v) is 23.6. The number of anilines is 2. The molecule has 0 heterocycles. The summed E-state index contributed by atoms with van der Waals surface area (Å²) < 4.78 is 0. The van der Waals surface area contributed by atoms with Crippen LogP contribution in [-0.2, 0) is 79.4 Å². The quantitative estimate of drug-likeness (QED) is 0.00904. The molecule has 0 atom stereocenters. The molecular weight excluding hydrogens is 1190 g/mol. The Kier molecular flexibility index (Phi) is 53.2. The molecule has 4 rings (SSSR count). The molecule has 4 aromatic carbocycles. The Labute approximate surface area is 504 Å². The molecule has 0 aliphatic rings. The number of Topliss-reactive ketones (excluding diaryl/α,β-unsaturated/α-hetero) is 2. The molecule has 6 amide bonds. The van der Waals surface area contributed by atoms with Crippen molar-refractivity contribution in [1.82, 2.24) is 21.9 Å². The van der Waals surface area contributed by atoms with Crippen LogP contribution in [0.5, 0.6) is 0 Å². The number of para-hydroxylation sites is 2. The van der Waals surface area contributed by atoms with Gasteiger partial charge in [0.2, 0.25) is 35.4 Å². The molecule has 0 saturated heterocycles. The van der Waals surface area contributed by atoms with Crippen molar-refractivity contribution < 1.29 is 87.4 Å². The Bertz CT molecular complexity index is 1960. The van der Waals surface area contributed by atoms with Crippen LogP contribution in [0.4, 0.5) is 11.4 Å². The number of ketones is 2. The van der Waals surface area contributed by atoms with E-state index in [2.05, 4.69) is 10.6 Å². The van der Waals surface area contributed by atoms with E-state index in [9.17, 15) is 38.4 Å². The molecule has 0 spiro atoms. The van der Waals surface area contributed by atoms with Crippen LogP contribution in [0.15, 0.2) is 121 Å². The zero-order valence-corrected chi connectivity index (χ0v) is 50.3. The van der Waals surface area contributed by atoms with Crippen molar-refractivity contribution in [1.29, 1.82) is 0 Å². The number of halogens is 3. The number of unbranched alkanes of at least 4 members (excludes halogenated alkanes) is 12. The maximum absolute atomic E-state index is 11.7. The van der Waals surface area contributed by atoms with Gasteiger partial charge in [0.05, 0.1) is 0 Å². The predicted octanol–water partition coefficient (Wildman–Crippen LogP) is 12.3. The molecule has 10 N–H and O–H groups in total. The number of hydrogen-bond donors (Lipinski definition) is 10. The summed E-state index contributed by atoms with van der Waals surface area (Å²) in [4.78, 5) is 89.5. The first-order valence-electron chi connectivity index (χ1n) is 26.8. The number of nitrogens with one attached hydrogen (secondary N) is 6. The summed E-state index contributed by atoms with van der Waals surface area (Å²) in [5.41, 5.74) is 10.2. The zero-order valence-electron chi connectivity index (χ0n) is 45.8. The summed E-state index contributed by atoms with van der Waals surface area (Å²) in [7, 11) is 14.7. The molecule has 0 radical (unpaired) electrons. The minimum Gasteiger partial charge on any atom is 0 e. The fourth-order valence-corrected chi connectivity index (χ4v) is 7.31. The standard InChI is InChI=1S/2C15H21NO3.2C14H20N2O3.3ClH.2Fe/c2*17-14(12-13-8-4-3-5-9-13)10-6-1-2-7-11-15(18)16-19;2*17-13(15-12-8-4-3-5-9-12)10-6-1-2-7-11-14(18)16-19;;;;;/h2*3-5,8-9,19H,1-2,6-7,10-12H2,(H,16,18);2*3-5,8-9,19H,1-2,6-7,10-11H2,(H,15,17)(H,16,18);3*1H;;/q;;;;;;;;+3/p-3. The van der Waals surface area contributed by atoms with Gasteiger partial charge in [-0.1, -0.05) is 148 Å². The largest absolute Gasteiger partial charge is 0 e. The number of amides is 6. The van der Waals surface area contributed by atoms with E-state index in [1.54, 1.807) is 21.9 Å². The van der Waals surface area contributed by atoms with E-state index in [1.807, 2.05) is 121 Å². The number of benzene rings is 4. The van der Waals surface area contributed by atoms with E-state index < -0.39 is 11.2 Å². The summed E-state index contributed by atoms with van der Waals surface area (Å²) in [6, 6.07) is 38.2. The maximum atomic E-state index is 11.7. The number of hydroxylamine groups is 4. The van der Waals surface area contributed by atoms with Crippen LogP contribution in [0.3, 0.4) is 0 Å². The van der Waals surface area contributed by atoms with E-state index in [1.165, 1.54) is 0 Å². The van der Waals surface area contributed by atoms with Crippen molar-refractivity contribution in [3.63, 3.8) is 0 Å². The van der Waals surface area contributed by atoms with Crippen LogP contribution >= 0.6 is 30.3 Å². The Balaban J connectivity index is 0. The number of hydrogen-bond acceptors (Lipinski definition) is 12. The molecule has 18 nitrogen and oxygen atoms in total. The van der Waals surface area contributed by atoms with E-state index in [-0.39, 0.29) is 64.1 Å². The molecule has 453 valence electrons. The smallest absolute Gasteiger partial charge is 0 e. The Hall–Kier alpha value is -5.21. The van der Waals surface area contributed by atoms with Crippen molar-refractivity contribution in [2.24, 2.45) is 0 Å². The van der Waals surface area contributed by atoms with Gasteiger partial charge in [-0.25, -0.2) is 21.9 Å². The molecule has 0 aromatic heterocycles. The molecule has 0 fully saturated rings. The zero-order chi connectivity index (χ0) is 59.3. The first-order chi connectivity index (χ1) is 38.6. The van der Waals surface area contributed by atoms with Crippen molar-refractivity contribution in [2.75, 3.05) is 10.6 Å². The molecule has 0 aliphatic heterocycles. The average molecular weight is 1270 g/mol. The Morgan fingerprint density at radius 1 is 0.309 bits per heavy atom. The second kappa shape index (κ2) is 55.3. The van der Waals surface area contributed by atoms with Gasteiger partial charge in [-0.15, -0.1) is 0 Å². The summed E-state index contributed by atoms with van der Waals surface area (Å²) in [5.74, 6) is -0.860. The summed E-state index contributed by atoms with van der Waals surface area (Å²) in [5, 5.41) is 38.9. The van der Waals surface area contributed by atoms with Gasteiger partial charge in [-0.3, -0.25) is 59.2 Å². The maximum Gasteiger partial charge on any atom is 0 e. The first kappa shape index (κ1) is 77.9. The van der Waals surface area contributed by atoms with Crippen molar-refractivity contribution in [3.8, 4) is 0 Å². The van der Waals surface area contributed by atoms with Gasteiger partial charge in [0.25, 0.3) is 0 Å². The van der Waals surface area contributed by atoms with E-state index in [0.717, 1.165) is 125 Å². The van der Waals surface area contributed by atoms with E-state index in [0.29, 0.717) is 64.2 Å². The fraction of sp³-hybridized carbons (Fsp3) is 0.448. The molecular formula is C58H82Cl3Fe2N6O12. The van der Waals surface area contributed by atoms with Gasteiger partial charge in [-0.2, -0.15) is 0 Å². The van der Waals surface area contributed by atoms with Crippen molar-refractivity contribution in [3.05, 3.63) is 132 Å². The van der Waals surface area contributed by atoms with Gasteiger partial charge >= 0.3 is 41.5 Å². The monoisotopic (exact) mass is 1270 g/mol. The average Bonchev–Trinajstić information content (AvgIpc) is 3.45. The Morgan fingerprint density at radius 3 is 0.728 bits per heavy atom. The van der Waals surface area contributed by atoms with Gasteiger partial charge in [0.15, 0.2) is 0 Å². The third-order valence-corrected chi connectivity index (χ3v) is 11.4. The normalized spacial score (nSPS) is 9.99. The minimum atomic E-state index is -1.33. The van der Waals surface area contributed by atoms with Gasteiger partial charge in [-0.05, 0) is 86.8 Å². The van der Waals surface area contributed by atoms with Crippen LogP contribution in [0, 0.1) is 0 Å². The molecule has 81 heavy (non-hydrogen) atoms. The molecule has 4 aromatic rings. The van der Waals surface area contributed by atoms with Gasteiger partial charge in [0.1, 0.15) is 11.6 Å². The molecule has 0 aliphatic carbocycles. The summed E-state index contributed by atoms with van der Waals surface area (Å²) in [6.07, 6.45) is 18.1. The van der Waals surface area contributed by atoms with Crippen LogP contribution in [0.1, 0.15) is 165 Å². The number of rotatable bonds is 34. The topological polar surface area (TPSA) is 290 Å². The third kappa shape index (κ3) is 52.6. The van der Waals surface area contributed by atoms with Gasteiger partial charge < -0.3 is 10.6 Å². The first-order valence-corrected chi connectivity index (χ1v) is 31.4. The van der Waals surface area contributed by atoms with Crippen molar-refractivity contribution >= 4 is 88.7 Å². The second-order valence-electron chi connectivity index (χ2n) is 18.2. The van der Waals surface area contributed by atoms with Crippen LogP contribution in [0.2, 0.25) is 0 Å². The molecule has 0 saturated carbocycles.